The number of nitrogens with one attached hydrogen (secondary N) is 1. The van der Waals surface area contributed by atoms with Gasteiger partial charge in [0.2, 0.25) is 10.0 Å². The fourth-order valence-corrected chi connectivity index (χ4v) is 5.69. The summed E-state index contributed by atoms with van der Waals surface area (Å²) in [6.45, 7) is 1.98. The van der Waals surface area contributed by atoms with Gasteiger partial charge in [-0.15, -0.1) is 0 Å². The Balaban J connectivity index is 1.63. The number of carbonyl (C=O) groups is 1. The van der Waals surface area contributed by atoms with Gasteiger partial charge in [0.25, 0.3) is 5.91 Å². The lowest BCUT2D eigenvalue weighted by molar-refractivity contribution is 0.0964. The first-order valence-corrected chi connectivity index (χ1v) is 15.1. The first-order chi connectivity index (χ1) is 20.0. The first kappa shape index (κ1) is 27.3. The molecule has 4 aromatic carbocycles. The minimum atomic E-state index is -3.65. The van der Waals surface area contributed by atoms with Crippen molar-refractivity contribution in [1.82, 2.24) is 9.88 Å². The smallest absolute Gasteiger partial charge is 0.255 e. The van der Waals surface area contributed by atoms with Crippen LogP contribution in [0.3, 0.4) is 0 Å². The van der Waals surface area contributed by atoms with Crippen LogP contribution in [-0.2, 0) is 10.0 Å². The summed E-state index contributed by atoms with van der Waals surface area (Å²) in [5, 5.41) is 4.23. The number of nitrogens with zero attached hydrogens (tertiary/aromatic N) is 2. The summed E-state index contributed by atoms with van der Waals surface area (Å²) in [5.74, 6) is -0.245. The molecule has 0 saturated carbocycles. The zero-order valence-electron chi connectivity index (χ0n) is 23.5. The number of furan rings is 1. The van der Waals surface area contributed by atoms with Crippen molar-refractivity contribution < 1.29 is 22.0 Å². The largest absolute Gasteiger partial charge is 0.455 e. The minimum Gasteiger partial charge on any atom is -0.455 e. The zero-order chi connectivity index (χ0) is 29.8. The zero-order valence-corrected chi connectivity index (χ0v) is 24.3. The number of carbonyl (C=O) groups excluding carboxylic acids is 1. The molecule has 0 aliphatic carbocycles. The van der Waals surface area contributed by atoms with E-state index in [1.54, 1.807) is 25.2 Å². The van der Waals surface area contributed by atoms with Gasteiger partial charge in [-0.3, -0.25) is 9.10 Å². The molecule has 2 heterocycles. The van der Waals surface area contributed by atoms with E-state index in [2.05, 4.69) is 5.32 Å². The first-order valence-electron chi connectivity index (χ1n) is 13.3. The van der Waals surface area contributed by atoms with Crippen LogP contribution in [0.4, 0.5) is 10.1 Å². The number of fused-ring (bicyclic) bond motifs is 2. The monoisotopic (exact) mass is 581 g/mol. The van der Waals surface area contributed by atoms with E-state index in [1.807, 2.05) is 72.3 Å². The van der Waals surface area contributed by atoms with Crippen LogP contribution in [-0.4, -0.2) is 39.2 Å². The minimum absolute atomic E-state index is 0.319. The summed E-state index contributed by atoms with van der Waals surface area (Å²) in [4.78, 5) is 13.2. The Morgan fingerprint density at radius 2 is 1.62 bits per heavy atom. The van der Waals surface area contributed by atoms with Crippen molar-refractivity contribution in [2.24, 2.45) is 0 Å². The molecule has 0 aliphatic heterocycles. The maximum atomic E-state index is 13.6. The second-order valence-corrected chi connectivity index (χ2v) is 12.3. The molecule has 0 aliphatic rings. The molecule has 7 nitrogen and oxygen atoms in total. The van der Waals surface area contributed by atoms with Crippen LogP contribution in [0.2, 0.25) is 0 Å². The van der Waals surface area contributed by atoms with E-state index in [4.69, 9.17) is 4.42 Å². The predicted octanol–water partition coefficient (Wildman–Crippen LogP) is 6.91. The third kappa shape index (κ3) is 4.71. The van der Waals surface area contributed by atoms with Gasteiger partial charge in [0.05, 0.1) is 23.0 Å². The molecule has 0 radical (unpaired) electrons. The second-order valence-electron chi connectivity index (χ2n) is 10.3. The van der Waals surface area contributed by atoms with E-state index in [0.29, 0.717) is 33.5 Å². The molecule has 212 valence electrons. The molecular formula is C33H28FN3O4S. The van der Waals surface area contributed by atoms with Crippen molar-refractivity contribution >= 4 is 43.5 Å². The Morgan fingerprint density at radius 3 is 2.29 bits per heavy atom. The molecule has 0 spiro atoms. The molecule has 9 heteroatoms. The van der Waals surface area contributed by atoms with Crippen LogP contribution in [0.25, 0.3) is 50.0 Å². The van der Waals surface area contributed by atoms with E-state index in [9.17, 15) is 17.6 Å². The second kappa shape index (κ2) is 10.2. The van der Waals surface area contributed by atoms with Gasteiger partial charge in [-0.05, 0) is 60.3 Å². The number of sulfonamides is 1. The third-order valence-electron chi connectivity index (χ3n) is 7.52. The maximum absolute atomic E-state index is 13.6. The summed E-state index contributed by atoms with van der Waals surface area (Å²) in [6, 6.07) is 25.1. The normalized spacial score (nSPS) is 11.7. The van der Waals surface area contributed by atoms with Crippen molar-refractivity contribution in [3.05, 3.63) is 108 Å². The van der Waals surface area contributed by atoms with E-state index in [0.717, 1.165) is 39.5 Å². The van der Waals surface area contributed by atoms with E-state index >= 15 is 0 Å². The van der Waals surface area contributed by atoms with Gasteiger partial charge in [-0.1, -0.05) is 42.0 Å². The van der Waals surface area contributed by atoms with E-state index in [-0.39, 0.29) is 11.7 Å². The quantitative estimate of drug-likeness (QED) is 0.232. The standard InChI is InChI=1S/C33H28FN3O4S/c1-20-5-7-22(8-6-20)32-31(33(38)35-2)27-18-26(29(19-30(27)41-32)36(3)42(4,39)40)23-10-9-21-15-16-37(28(21)17-23)25-13-11-24(34)12-14-25/h5-19H,1-4H3,(H,35,38). The van der Waals surface area contributed by atoms with Crippen LogP contribution in [0, 0.1) is 12.7 Å². The number of halogens is 1. The van der Waals surface area contributed by atoms with Crippen LogP contribution < -0.4 is 9.62 Å². The number of benzene rings is 4. The molecule has 2 aromatic heterocycles. The average Bonchev–Trinajstić information content (AvgIpc) is 3.57. The Kier molecular flexibility index (Phi) is 6.62. The highest BCUT2D eigenvalue weighted by molar-refractivity contribution is 7.92. The molecule has 6 rings (SSSR count). The fraction of sp³-hybridized carbons (Fsp3) is 0.121. The molecule has 6 aromatic rings. The number of hydrogen-bond donors (Lipinski definition) is 1. The highest BCUT2D eigenvalue weighted by Gasteiger charge is 2.26. The van der Waals surface area contributed by atoms with Crippen LogP contribution in [0.1, 0.15) is 15.9 Å². The lowest BCUT2D eigenvalue weighted by Crippen LogP contribution is -2.25. The summed E-state index contributed by atoms with van der Waals surface area (Å²) >= 11 is 0. The number of rotatable bonds is 6. The number of aromatic nitrogens is 1. The average molecular weight is 582 g/mol. The number of amides is 1. The van der Waals surface area contributed by atoms with Gasteiger partial charge in [0.15, 0.2) is 0 Å². The summed E-state index contributed by atoms with van der Waals surface area (Å²) in [7, 11) is -0.602. The highest BCUT2D eigenvalue weighted by atomic mass is 32.2. The van der Waals surface area contributed by atoms with Crippen molar-refractivity contribution in [1.29, 1.82) is 0 Å². The highest BCUT2D eigenvalue weighted by Crippen LogP contribution is 2.42. The SMILES string of the molecule is CNC(=O)c1c(-c2ccc(C)cc2)oc2cc(N(C)S(C)(=O)=O)c(-c3ccc4ccn(-c5ccc(F)cc5)c4c3)cc12. The van der Waals surface area contributed by atoms with Gasteiger partial charge in [-0.25, -0.2) is 12.8 Å². The van der Waals surface area contributed by atoms with Crippen molar-refractivity contribution in [3.63, 3.8) is 0 Å². The van der Waals surface area contributed by atoms with Crippen LogP contribution in [0.5, 0.6) is 0 Å². The number of hydrogen-bond acceptors (Lipinski definition) is 4. The molecule has 1 amide bonds. The molecule has 0 fully saturated rings. The van der Waals surface area contributed by atoms with E-state index in [1.165, 1.54) is 23.5 Å². The molecule has 0 unspecified atom stereocenters. The molecule has 0 atom stereocenters. The molecule has 1 N–H and O–H groups in total. The van der Waals surface area contributed by atoms with Gasteiger partial charge in [-0.2, -0.15) is 0 Å². The van der Waals surface area contributed by atoms with Crippen LogP contribution >= 0.6 is 0 Å². The molecule has 0 saturated heterocycles. The number of aryl methyl sites for hydroxylation is 1. The van der Waals surface area contributed by atoms with E-state index < -0.39 is 10.0 Å². The maximum Gasteiger partial charge on any atom is 0.255 e. The Labute approximate surface area is 242 Å². The predicted molar refractivity (Wildman–Crippen MR) is 165 cm³/mol. The molecule has 42 heavy (non-hydrogen) atoms. The molecule has 0 bridgehead atoms. The summed E-state index contributed by atoms with van der Waals surface area (Å²) in [5.41, 5.74) is 5.92. The van der Waals surface area contributed by atoms with Gasteiger partial charge < -0.3 is 14.3 Å². The summed E-state index contributed by atoms with van der Waals surface area (Å²) in [6.07, 6.45) is 3.04. The van der Waals surface area contributed by atoms with Gasteiger partial charge in [0.1, 0.15) is 17.2 Å². The van der Waals surface area contributed by atoms with Crippen molar-refractivity contribution in [2.45, 2.75) is 6.92 Å². The summed E-state index contributed by atoms with van der Waals surface area (Å²) < 4.78 is 48.6. The Bertz CT molecular complexity index is 2090. The van der Waals surface area contributed by atoms with Crippen molar-refractivity contribution in [2.75, 3.05) is 24.7 Å². The third-order valence-corrected chi connectivity index (χ3v) is 8.71. The van der Waals surface area contributed by atoms with Crippen molar-refractivity contribution in [3.8, 4) is 28.1 Å². The Morgan fingerprint density at radius 1 is 0.929 bits per heavy atom. The Hall–Kier alpha value is -4.89. The van der Waals surface area contributed by atoms with Crippen LogP contribution in [0.15, 0.2) is 95.5 Å². The van der Waals surface area contributed by atoms with Gasteiger partial charge in [0, 0.05) is 48.6 Å². The van der Waals surface area contributed by atoms with Gasteiger partial charge >= 0.3 is 0 Å². The lowest BCUT2D eigenvalue weighted by atomic mass is 9.97. The lowest BCUT2D eigenvalue weighted by Gasteiger charge is -2.21. The molecular weight excluding hydrogens is 553 g/mol. The number of anilines is 1. The fourth-order valence-electron chi connectivity index (χ4n) is 5.18. The topological polar surface area (TPSA) is 84.6 Å².